The van der Waals surface area contributed by atoms with Crippen molar-refractivity contribution in [3.63, 3.8) is 0 Å². The van der Waals surface area contributed by atoms with E-state index in [1.165, 1.54) is 0 Å². The second-order valence-corrected chi connectivity index (χ2v) is 9.67. The van der Waals surface area contributed by atoms with Crippen LogP contribution >= 0.6 is 0 Å². The Morgan fingerprint density at radius 2 is 1.88 bits per heavy atom. The van der Waals surface area contributed by atoms with Crippen LogP contribution in [0.4, 0.5) is 30.6 Å². The van der Waals surface area contributed by atoms with Crippen LogP contribution < -0.4 is 15.5 Å². The van der Waals surface area contributed by atoms with Crippen LogP contribution in [0.2, 0.25) is 0 Å². The van der Waals surface area contributed by atoms with Crippen molar-refractivity contribution in [2.45, 2.75) is 25.9 Å². The van der Waals surface area contributed by atoms with Gasteiger partial charge in [-0.1, -0.05) is 6.07 Å². The highest BCUT2D eigenvalue weighted by molar-refractivity contribution is 6.36. The summed E-state index contributed by atoms with van der Waals surface area (Å²) in [6.07, 6.45) is 1.69. The van der Waals surface area contributed by atoms with E-state index >= 15 is 0 Å². The summed E-state index contributed by atoms with van der Waals surface area (Å²) in [7, 11) is 0. The number of carboxylic acid groups (broad SMARTS) is 1. The summed E-state index contributed by atoms with van der Waals surface area (Å²) in [5, 5.41) is 12.3. The third-order valence-electron chi connectivity index (χ3n) is 6.72. The normalized spacial score (nSPS) is 15.3. The summed E-state index contributed by atoms with van der Waals surface area (Å²) >= 11 is 0. The lowest BCUT2D eigenvalue weighted by molar-refractivity contribution is -0.137. The van der Waals surface area contributed by atoms with E-state index in [4.69, 9.17) is 9.90 Å². The van der Waals surface area contributed by atoms with Gasteiger partial charge in [-0.05, 0) is 61.2 Å². The Balaban J connectivity index is 0.00000113. The first-order chi connectivity index (χ1) is 20.1. The quantitative estimate of drug-likeness (QED) is 0.380. The number of hydrogen-bond donors (Lipinski definition) is 3. The standard InChI is InChI=1S/C27H22F3N7O2.CH2O2/c1-14-2-5-18(34-25(39)21-11-17(6-7-31-21)27(28,29)30)12-19(14)20-10-16-13-33-26(36-24(38)15-3-4-15)35-22(16)37-9-8-32-23(20)37;2-1-3/h2,5-7,10-13,15H,3-4,8-9H2,1H3,(H,34,39)(H,33,35,36,38);1H,(H,2,3). The first kappa shape index (κ1) is 28.4. The van der Waals surface area contributed by atoms with E-state index in [0.29, 0.717) is 30.4 Å². The smallest absolute Gasteiger partial charge is 0.416 e. The maximum atomic E-state index is 13.1. The fourth-order valence-electron chi connectivity index (χ4n) is 4.54. The number of benzene rings is 1. The number of amidine groups is 1. The fourth-order valence-corrected chi connectivity index (χ4v) is 4.54. The molecule has 3 N–H and O–H groups in total. The lowest BCUT2D eigenvalue weighted by atomic mass is 9.94. The molecule has 1 fully saturated rings. The Morgan fingerprint density at radius 1 is 1.12 bits per heavy atom. The number of amides is 2. The summed E-state index contributed by atoms with van der Waals surface area (Å²) < 4.78 is 39.2. The molecule has 1 saturated carbocycles. The lowest BCUT2D eigenvalue weighted by Crippen LogP contribution is -2.33. The Morgan fingerprint density at radius 3 is 2.60 bits per heavy atom. The lowest BCUT2D eigenvalue weighted by Gasteiger charge is -2.28. The number of nitrogens with zero attached hydrogens (tertiary/aromatic N) is 5. The van der Waals surface area contributed by atoms with Crippen molar-refractivity contribution < 1.29 is 32.7 Å². The van der Waals surface area contributed by atoms with Crippen LogP contribution in [0.15, 0.2) is 47.7 Å². The van der Waals surface area contributed by atoms with Gasteiger partial charge in [-0.25, -0.2) is 4.98 Å². The molecule has 0 unspecified atom stereocenters. The van der Waals surface area contributed by atoms with Crippen LogP contribution in [0, 0.1) is 12.8 Å². The predicted octanol–water partition coefficient (Wildman–Crippen LogP) is 4.27. The molecule has 0 saturated heterocycles. The summed E-state index contributed by atoms with van der Waals surface area (Å²) in [4.78, 5) is 52.6. The maximum Gasteiger partial charge on any atom is 0.416 e. The van der Waals surface area contributed by atoms with E-state index in [1.807, 2.05) is 24.0 Å². The molecule has 2 aliphatic heterocycles. The zero-order chi connectivity index (χ0) is 30.0. The Hall–Kier alpha value is -5.14. The Bertz CT molecular complexity index is 1630. The van der Waals surface area contributed by atoms with Crippen molar-refractivity contribution >= 4 is 53.2 Å². The molecule has 4 heterocycles. The van der Waals surface area contributed by atoms with E-state index in [2.05, 4.69) is 30.6 Å². The number of pyridine rings is 1. The highest BCUT2D eigenvalue weighted by Gasteiger charge is 2.34. The number of nitrogens with one attached hydrogen (secondary N) is 2. The third-order valence-corrected chi connectivity index (χ3v) is 6.72. The number of anilines is 3. The van der Waals surface area contributed by atoms with Gasteiger partial charge in [0.25, 0.3) is 12.4 Å². The van der Waals surface area contributed by atoms with Crippen LogP contribution in [0.3, 0.4) is 0 Å². The molecular formula is C28H24F3N7O4. The molecule has 3 aromatic rings. The minimum Gasteiger partial charge on any atom is -0.483 e. The molecule has 2 aromatic heterocycles. The molecule has 1 aromatic carbocycles. The third kappa shape index (κ3) is 5.96. The van der Waals surface area contributed by atoms with Crippen LogP contribution in [0.1, 0.15) is 45.6 Å². The molecule has 11 nitrogen and oxygen atoms in total. The SMILES string of the molecule is Cc1ccc(NC(=O)c2cc(C(F)(F)F)ccn2)cc1C1=Cc2cnc(NC(=O)C3CC3)nc2N2CCN=C12.O=CO. The second kappa shape index (κ2) is 11.4. The number of halogens is 3. The van der Waals surface area contributed by atoms with Gasteiger partial charge in [0.2, 0.25) is 11.9 Å². The number of aliphatic imine (C=N–C) groups is 1. The van der Waals surface area contributed by atoms with Gasteiger partial charge < -0.3 is 15.3 Å². The molecule has 14 heteroatoms. The number of aromatic nitrogens is 3. The number of carbonyl (C=O) groups is 3. The highest BCUT2D eigenvalue weighted by atomic mass is 19.4. The minimum absolute atomic E-state index is 0.0279. The zero-order valence-corrected chi connectivity index (χ0v) is 22.1. The Kier molecular flexibility index (Phi) is 7.70. The summed E-state index contributed by atoms with van der Waals surface area (Å²) in [5.74, 6) is 0.790. The molecule has 3 aliphatic rings. The van der Waals surface area contributed by atoms with Gasteiger partial charge in [-0.3, -0.25) is 29.7 Å². The minimum atomic E-state index is -4.58. The van der Waals surface area contributed by atoms with Crippen molar-refractivity contribution in [1.29, 1.82) is 0 Å². The number of aryl methyl sites for hydroxylation is 1. The molecule has 216 valence electrons. The molecule has 0 atom stereocenters. The highest BCUT2D eigenvalue weighted by Crippen LogP contribution is 2.37. The predicted molar refractivity (Wildman–Crippen MR) is 148 cm³/mol. The number of alkyl halides is 3. The van der Waals surface area contributed by atoms with Gasteiger partial charge >= 0.3 is 6.18 Å². The van der Waals surface area contributed by atoms with E-state index in [9.17, 15) is 22.8 Å². The molecule has 0 bridgehead atoms. The first-order valence-electron chi connectivity index (χ1n) is 12.8. The number of rotatable bonds is 5. The molecule has 42 heavy (non-hydrogen) atoms. The average Bonchev–Trinajstić information content (AvgIpc) is 3.70. The van der Waals surface area contributed by atoms with Crippen molar-refractivity contribution in [3.05, 3.63) is 70.7 Å². The van der Waals surface area contributed by atoms with Gasteiger partial charge in [0, 0.05) is 41.7 Å². The van der Waals surface area contributed by atoms with Gasteiger partial charge in [0.1, 0.15) is 17.3 Å². The van der Waals surface area contributed by atoms with Crippen LogP contribution in [0.5, 0.6) is 0 Å². The number of fused-ring (bicyclic) bond motifs is 3. The zero-order valence-electron chi connectivity index (χ0n) is 22.1. The van der Waals surface area contributed by atoms with Crippen molar-refractivity contribution in [3.8, 4) is 0 Å². The molecule has 6 rings (SSSR count). The molecule has 2 amide bonds. The number of carbonyl (C=O) groups excluding carboxylic acids is 2. The largest absolute Gasteiger partial charge is 0.483 e. The Labute approximate surface area is 237 Å². The van der Waals surface area contributed by atoms with Gasteiger partial charge in [-0.15, -0.1) is 0 Å². The van der Waals surface area contributed by atoms with Crippen molar-refractivity contribution in [1.82, 2.24) is 15.0 Å². The summed E-state index contributed by atoms with van der Waals surface area (Å²) in [6.45, 7) is 2.82. The summed E-state index contributed by atoms with van der Waals surface area (Å²) in [6, 6.07) is 6.77. The van der Waals surface area contributed by atoms with Crippen LogP contribution in [-0.4, -0.2) is 57.3 Å². The second-order valence-electron chi connectivity index (χ2n) is 9.67. The average molecular weight is 580 g/mol. The summed E-state index contributed by atoms with van der Waals surface area (Å²) in [5.41, 5.74) is 2.34. The van der Waals surface area contributed by atoms with Gasteiger partial charge in [0.05, 0.1) is 12.1 Å². The van der Waals surface area contributed by atoms with Crippen molar-refractivity contribution in [2.75, 3.05) is 28.6 Å². The van der Waals surface area contributed by atoms with Gasteiger partial charge in [-0.2, -0.15) is 18.2 Å². The van der Waals surface area contributed by atoms with E-state index < -0.39 is 17.6 Å². The van der Waals surface area contributed by atoms with E-state index in [-0.39, 0.29) is 29.9 Å². The van der Waals surface area contributed by atoms with Crippen molar-refractivity contribution in [2.24, 2.45) is 10.9 Å². The molecule has 1 aliphatic carbocycles. The van der Waals surface area contributed by atoms with Gasteiger partial charge in [0.15, 0.2) is 0 Å². The van der Waals surface area contributed by atoms with Crippen LogP contribution in [-0.2, 0) is 15.8 Å². The van der Waals surface area contributed by atoms with Crippen LogP contribution in [0.25, 0.3) is 11.6 Å². The monoisotopic (exact) mass is 579 g/mol. The molecule has 0 radical (unpaired) electrons. The molecule has 0 spiro atoms. The topological polar surface area (TPSA) is 150 Å². The van der Waals surface area contributed by atoms with E-state index in [1.54, 1.807) is 18.3 Å². The molecular weight excluding hydrogens is 555 g/mol. The fraction of sp³-hybridized carbons (Fsp3) is 0.250. The maximum absolute atomic E-state index is 13.1. The van der Waals surface area contributed by atoms with E-state index in [0.717, 1.165) is 53.4 Å². The number of hydrogen-bond acceptors (Lipinski definition) is 8. The first-order valence-corrected chi connectivity index (χ1v) is 12.8.